The maximum Gasteiger partial charge on any atom is 0.119 e. The minimum Gasteiger partial charge on any atom is -0.491 e. The van der Waals surface area contributed by atoms with Crippen LogP contribution >= 0.6 is 0 Å². The SMILES string of the molecule is C=CCCOCCNCc1ccc(OC(C)C)cc1. The van der Waals surface area contributed by atoms with Gasteiger partial charge in [0, 0.05) is 13.1 Å². The zero-order chi connectivity index (χ0) is 13.9. The van der Waals surface area contributed by atoms with E-state index in [4.69, 9.17) is 9.47 Å². The van der Waals surface area contributed by atoms with Crippen molar-refractivity contribution in [3.8, 4) is 5.75 Å². The molecule has 0 saturated carbocycles. The molecule has 0 atom stereocenters. The van der Waals surface area contributed by atoms with E-state index in [-0.39, 0.29) is 6.10 Å². The molecular formula is C16H25NO2. The summed E-state index contributed by atoms with van der Waals surface area (Å²) < 4.78 is 11.0. The van der Waals surface area contributed by atoms with Gasteiger partial charge in [-0.1, -0.05) is 18.2 Å². The molecule has 0 aromatic heterocycles. The van der Waals surface area contributed by atoms with Crippen molar-refractivity contribution in [3.05, 3.63) is 42.5 Å². The lowest BCUT2D eigenvalue weighted by molar-refractivity contribution is 0.140. The summed E-state index contributed by atoms with van der Waals surface area (Å²) in [5, 5.41) is 3.35. The Bertz CT molecular complexity index is 346. The van der Waals surface area contributed by atoms with Gasteiger partial charge < -0.3 is 14.8 Å². The van der Waals surface area contributed by atoms with Crippen molar-refractivity contribution < 1.29 is 9.47 Å². The molecule has 0 amide bonds. The van der Waals surface area contributed by atoms with Crippen molar-refractivity contribution in [2.24, 2.45) is 0 Å². The van der Waals surface area contributed by atoms with Crippen LogP contribution in [-0.4, -0.2) is 25.9 Å². The Morgan fingerprint density at radius 1 is 1.21 bits per heavy atom. The fourth-order valence-electron chi connectivity index (χ4n) is 1.60. The Balaban J connectivity index is 2.14. The average molecular weight is 263 g/mol. The van der Waals surface area contributed by atoms with E-state index in [1.165, 1.54) is 5.56 Å². The minimum atomic E-state index is 0.219. The quantitative estimate of drug-likeness (QED) is 0.519. The molecule has 0 unspecified atom stereocenters. The summed E-state index contributed by atoms with van der Waals surface area (Å²) in [4.78, 5) is 0. The summed E-state index contributed by atoms with van der Waals surface area (Å²) >= 11 is 0. The van der Waals surface area contributed by atoms with Crippen LogP contribution in [0, 0.1) is 0 Å². The van der Waals surface area contributed by atoms with Crippen LogP contribution in [0.1, 0.15) is 25.8 Å². The van der Waals surface area contributed by atoms with Crippen LogP contribution in [0.5, 0.6) is 5.75 Å². The van der Waals surface area contributed by atoms with Crippen molar-refractivity contribution in [2.75, 3.05) is 19.8 Å². The summed E-state index contributed by atoms with van der Waals surface area (Å²) in [7, 11) is 0. The summed E-state index contributed by atoms with van der Waals surface area (Å²) in [5.74, 6) is 0.923. The van der Waals surface area contributed by atoms with Gasteiger partial charge in [0.1, 0.15) is 5.75 Å². The molecule has 19 heavy (non-hydrogen) atoms. The molecule has 0 aliphatic rings. The van der Waals surface area contributed by atoms with Crippen molar-refractivity contribution >= 4 is 0 Å². The number of hydrogen-bond acceptors (Lipinski definition) is 3. The van der Waals surface area contributed by atoms with Crippen molar-refractivity contribution in [1.82, 2.24) is 5.32 Å². The van der Waals surface area contributed by atoms with E-state index in [2.05, 4.69) is 24.0 Å². The zero-order valence-electron chi connectivity index (χ0n) is 12.0. The van der Waals surface area contributed by atoms with Crippen molar-refractivity contribution in [3.63, 3.8) is 0 Å². The summed E-state index contributed by atoms with van der Waals surface area (Å²) in [6.07, 6.45) is 3.00. The lowest BCUT2D eigenvalue weighted by atomic mass is 10.2. The van der Waals surface area contributed by atoms with E-state index < -0.39 is 0 Å². The van der Waals surface area contributed by atoms with E-state index in [9.17, 15) is 0 Å². The van der Waals surface area contributed by atoms with E-state index in [0.29, 0.717) is 0 Å². The predicted octanol–water partition coefficient (Wildman–Crippen LogP) is 3.16. The van der Waals surface area contributed by atoms with Crippen LogP contribution in [0.2, 0.25) is 0 Å². The lowest BCUT2D eigenvalue weighted by Crippen LogP contribution is -2.19. The van der Waals surface area contributed by atoms with Gasteiger partial charge >= 0.3 is 0 Å². The topological polar surface area (TPSA) is 30.5 Å². The summed E-state index contributed by atoms with van der Waals surface area (Å²) in [5.41, 5.74) is 1.25. The first kappa shape index (κ1) is 15.7. The van der Waals surface area contributed by atoms with Crippen LogP contribution in [0.3, 0.4) is 0 Å². The molecule has 1 aromatic carbocycles. The molecule has 0 spiro atoms. The molecule has 3 nitrogen and oxygen atoms in total. The van der Waals surface area contributed by atoms with E-state index >= 15 is 0 Å². The summed E-state index contributed by atoms with van der Waals surface area (Å²) in [6.45, 7) is 10.9. The second-order valence-electron chi connectivity index (χ2n) is 4.68. The molecule has 1 N–H and O–H groups in total. The highest BCUT2D eigenvalue weighted by atomic mass is 16.5. The molecule has 0 bridgehead atoms. The first-order chi connectivity index (χ1) is 9.22. The standard InChI is InChI=1S/C16H25NO2/c1-4-5-11-18-12-10-17-13-15-6-8-16(9-7-15)19-14(2)3/h4,6-9,14,17H,1,5,10-13H2,2-3H3. The average Bonchev–Trinajstić information content (AvgIpc) is 2.39. The molecule has 3 heteroatoms. The van der Waals surface area contributed by atoms with Crippen LogP contribution in [0.15, 0.2) is 36.9 Å². The Hall–Kier alpha value is -1.32. The van der Waals surface area contributed by atoms with E-state index in [0.717, 1.165) is 38.5 Å². The second kappa shape index (κ2) is 9.59. The van der Waals surface area contributed by atoms with Crippen LogP contribution in [-0.2, 0) is 11.3 Å². The molecule has 1 aromatic rings. The first-order valence-corrected chi connectivity index (χ1v) is 6.87. The van der Waals surface area contributed by atoms with Gasteiger partial charge in [0.2, 0.25) is 0 Å². The Kier molecular flexibility index (Phi) is 7.94. The highest BCUT2D eigenvalue weighted by Crippen LogP contribution is 2.13. The smallest absolute Gasteiger partial charge is 0.119 e. The maximum absolute atomic E-state index is 5.60. The molecule has 0 aliphatic heterocycles. The Labute approximate surface area is 116 Å². The molecule has 0 fully saturated rings. The Morgan fingerprint density at radius 3 is 2.58 bits per heavy atom. The number of nitrogens with one attached hydrogen (secondary N) is 1. The van der Waals surface area contributed by atoms with Gasteiger partial charge in [-0.25, -0.2) is 0 Å². The molecular weight excluding hydrogens is 238 g/mol. The highest BCUT2D eigenvalue weighted by Gasteiger charge is 1.98. The number of ether oxygens (including phenoxy) is 2. The fraction of sp³-hybridized carbons (Fsp3) is 0.500. The molecule has 0 aliphatic carbocycles. The van der Waals surface area contributed by atoms with Crippen LogP contribution in [0.4, 0.5) is 0 Å². The third-order valence-electron chi connectivity index (χ3n) is 2.51. The van der Waals surface area contributed by atoms with Gasteiger partial charge in [0.05, 0.1) is 19.3 Å². The lowest BCUT2D eigenvalue weighted by Gasteiger charge is -2.10. The van der Waals surface area contributed by atoms with Gasteiger partial charge in [-0.05, 0) is 38.0 Å². The third-order valence-corrected chi connectivity index (χ3v) is 2.51. The van der Waals surface area contributed by atoms with Gasteiger partial charge in [0.25, 0.3) is 0 Å². The highest BCUT2D eigenvalue weighted by molar-refractivity contribution is 5.27. The van der Waals surface area contributed by atoms with Crippen molar-refractivity contribution in [2.45, 2.75) is 32.9 Å². The second-order valence-corrected chi connectivity index (χ2v) is 4.68. The molecule has 0 heterocycles. The van der Waals surface area contributed by atoms with Crippen molar-refractivity contribution in [1.29, 1.82) is 0 Å². The molecule has 106 valence electrons. The fourth-order valence-corrected chi connectivity index (χ4v) is 1.60. The van der Waals surface area contributed by atoms with E-state index in [1.54, 1.807) is 0 Å². The molecule has 1 rings (SSSR count). The monoisotopic (exact) mass is 263 g/mol. The predicted molar refractivity (Wildman–Crippen MR) is 79.5 cm³/mol. The van der Waals surface area contributed by atoms with Gasteiger partial charge in [0.15, 0.2) is 0 Å². The normalized spacial score (nSPS) is 10.7. The zero-order valence-corrected chi connectivity index (χ0v) is 12.0. The van der Waals surface area contributed by atoms with Gasteiger partial charge in [-0.2, -0.15) is 0 Å². The minimum absolute atomic E-state index is 0.219. The number of benzene rings is 1. The number of rotatable bonds is 10. The first-order valence-electron chi connectivity index (χ1n) is 6.87. The van der Waals surface area contributed by atoms with Gasteiger partial charge in [-0.15, -0.1) is 6.58 Å². The largest absolute Gasteiger partial charge is 0.491 e. The molecule has 0 saturated heterocycles. The van der Waals surface area contributed by atoms with Crippen LogP contribution in [0.25, 0.3) is 0 Å². The third kappa shape index (κ3) is 7.65. The van der Waals surface area contributed by atoms with Crippen LogP contribution < -0.4 is 10.1 Å². The Morgan fingerprint density at radius 2 is 1.95 bits per heavy atom. The maximum atomic E-state index is 5.60. The van der Waals surface area contributed by atoms with Gasteiger partial charge in [-0.3, -0.25) is 0 Å². The van der Waals surface area contributed by atoms with E-state index in [1.807, 2.05) is 32.1 Å². The number of hydrogen-bond donors (Lipinski definition) is 1. The molecule has 0 radical (unpaired) electrons. The summed E-state index contributed by atoms with van der Waals surface area (Å²) in [6, 6.07) is 8.20.